The summed E-state index contributed by atoms with van der Waals surface area (Å²) in [6, 6.07) is 25.9. The predicted molar refractivity (Wildman–Crippen MR) is 195 cm³/mol. The van der Waals surface area contributed by atoms with Gasteiger partial charge in [-0.1, -0.05) is 86.6 Å². The van der Waals surface area contributed by atoms with Crippen LogP contribution in [0, 0.1) is 0 Å². The summed E-state index contributed by atoms with van der Waals surface area (Å²) in [7, 11) is 0. The summed E-state index contributed by atoms with van der Waals surface area (Å²) < 4.78 is 7.51. The molecule has 5 aromatic rings. The second-order valence-electron chi connectivity index (χ2n) is 11.9. The van der Waals surface area contributed by atoms with E-state index in [2.05, 4.69) is 13.8 Å². The number of unbranched alkanes of at least 4 members (excludes halogenated alkanes) is 3. The first-order valence-corrected chi connectivity index (χ1v) is 17.3. The normalized spacial score (nSPS) is 11.8. The second-order valence-corrected chi connectivity index (χ2v) is 12.7. The molecule has 0 saturated heterocycles. The van der Waals surface area contributed by atoms with Crippen LogP contribution in [-0.4, -0.2) is 33.1 Å². The van der Waals surface area contributed by atoms with Crippen LogP contribution in [0.2, 0.25) is 10.0 Å². The highest BCUT2D eigenvalue weighted by atomic mass is 35.5. The van der Waals surface area contributed by atoms with E-state index in [0.29, 0.717) is 62.3 Å². The average Bonchev–Trinajstić information content (AvgIpc) is 3.10. The van der Waals surface area contributed by atoms with Gasteiger partial charge in [0.25, 0.3) is 11.5 Å². The Morgan fingerprint density at radius 2 is 1.61 bits per heavy atom. The standard InChI is InChI=1S/C39H39Cl2N3O5/c1-3-5-9-23-43(37(45)27-15-17-28(40)18-16-27)29-19-22-34-32(24-29)38(46)44(35(42-34)12-6-4-2)25-26-13-20-30(21-14-26)49-36(39(47)48)31-10-7-8-11-33(31)41/h7-8,10-11,13-22,24,36H,3-6,9,12,23,25H2,1-2H3,(H,47,48). The van der Waals surface area contributed by atoms with E-state index < -0.39 is 12.1 Å². The third-order valence-electron chi connectivity index (χ3n) is 8.33. The zero-order valence-electron chi connectivity index (χ0n) is 27.6. The third kappa shape index (κ3) is 8.69. The molecule has 0 aliphatic heterocycles. The highest BCUT2D eigenvalue weighted by Crippen LogP contribution is 2.29. The maximum absolute atomic E-state index is 14.2. The maximum Gasteiger partial charge on any atom is 0.349 e. The van der Waals surface area contributed by atoms with Crippen LogP contribution in [0.4, 0.5) is 5.69 Å². The summed E-state index contributed by atoms with van der Waals surface area (Å²) in [6.07, 6.45) is 3.93. The van der Waals surface area contributed by atoms with Gasteiger partial charge < -0.3 is 14.7 Å². The van der Waals surface area contributed by atoms with Gasteiger partial charge in [-0.25, -0.2) is 9.78 Å². The Kier molecular flexibility index (Phi) is 12.1. The largest absolute Gasteiger partial charge is 0.478 e. The summed E-state index contributed by atoms with van der Waals surface area (Å²) in [4.78, 5) is 46.6. The van der Waals surface area contributed by atoms with E-state index in [-0.39, 0.29) is 18.0 Å². The van der Waals surface area contributed by atoms with Crippen LogP contribution < -0.4 is 15.2 Å². The average molecular weight is 701 g/mol. The minimum absolute atomic E-state index is 0.165. The molecular weight excluding hydrogens is 661 g/mol. The summed E-state index contributed by atoms with van der Waals surface area (Å²) in [6.45, 7) is 4.96. The van der Waals surface area contributed by atoms with Gasteiger partial charge in [-0.15, -0.1) is 0 Å². The Morgan fingerprint density at radius 1 is 0.898 bits per heavy atom. The number of amides is 1. The van der Waals surface area contributed by atoms with Crippen molar-refractivity contribution in [3.05, 3.63) is 134 Å². The fourth-order valence-electron chi connectivity index (χ4n) is 5.65. The Balaban J connectivity index is 1.47. The molecule has 1 unspecified atom stereocenters. The lowest BCUT2D eigenvalue weighted by Crippen LogP contribution is -2.32. The van der Waals surface area contributed by atoms with Crippen molar-refractivity contribution in [2.24, 2.45) is 0 Å². The van der Waals surface area contributed by atoms with Gasteiger partial charge in [0.2, 0.25) is 6.10 Å². The smallest absolute Gasteiger partial charge is 0.349 e. The molecule has 5 rings (SSSR count). The molecule has 0 aliphatic carbocycles. The molecule has 254 valence electrons. The van der Waals surface area contributed by atoms with Gasteiger partial charge in [0.1, 0.15) is 11.6 Å². The zero-order chi connectivity index (χ0) is 34.9. The van der Waals surface area contributed by atoms with Crippen molar-refractivity contribution in [1.29, 1.82) is 0 Å². The molecule has 0 spiro atoms. The fourth-order valence-corrected chi connectivity index (χ4v) is 6.02. The molecule has 0 saturated carbocycles. The Hall–Kier alpha value is -4.66. The monoisotopic (exact) mass is 699 g/mol. The van der Waals surface area contributed by atoms with Gasteiger partial charge >= 0.3 is 5.97 Å². The van der Waals surface area contributed by atoms with Crippen LogP contribution in [0.1, 0.15) is 79.4 Å². The maximum atomic E-state index is 14.2. The first-order chi connectivity index (χ1) is 23.7. The highest BCUT2D eigenvalue weighted by Gasteiger charge is 2.24. The quantitative estimate of drug-likeness (QED) is 0.109. The van der Waals surface area contributed by atoms with Crippen molar-refractivity contribution in [1.82, 2.24) is 9.55 Å². The van der Waals surface area contributed by atoms with Crippen molar-refractivity contribution in [2.75, 3.05) is 11.4 Å². The van der Waals surface area contributed by atoms with E-state index in [1.807, 2.05) is 12.1 Å². The highest BCUT2D eigenvalue weighted by molar-refractivity contribution is 6.31. The molecule has 0 fully saturated rings. The first-order valence-electron chi connectivity index (χ1n) is 16.5. The number of fused-ring (bicyclic) bond motifs is 1. The number of carboxylic acids is 1. The van der Waals surface area contributed by atoms with E-state index in [4.69, 9.17) is 32.9 Å². The van der Waals surface area contributed by atoms with Crippen LogP contribution in [0.5, 0.6) is 5.75 Å². The molecule has 4 aromatic carbocycles. The number of aliphatic carboxylic acids is 1. The molecular formula is C39H39Cl2N3O5. The number of aromatic nitrogens is 2. The number of hydrogen-bond donors (Lipinski definition) is 1. The van der Waals surface area contributed by atoms with Crippen LogP contribution in [0.3, 0.4) is 0 Å². The van der Waals surface area contributed by atoms with Gasteiger partial charge in [-0.3, -0.25) is 14.2 Å². The van der Waals surface area contributed by atoms with E-state index in [0.717, 1.165) is 37.7 Å². The molecule has 0 bridgehead atoms. The molecule has 49 heavy (non-hydrogen) atoms. The lowest BCUT2D eigenvalue weighted by Gasteiger charge is -2.24. The summed E-state index contributed by atoms with van der Waals surface area (Å²) in [5.41, 5.74) is 2.69. The van der Waals surface area contributed by atoms with E-state index in [1.54, 1.807) is 88.3 Å². The number of aryl methyl sites for hydroxylation is 1. The lowest BCUT2D eigenvalue weighted by atomic mass is 10.1. The number of halogens is 2. The third-order valence-corrected chi connectivity index (χ3v) is 8.93. The second kappa shape index (κ2) is 16.6. The summed E-state index contributed by atoms with van der Waals surface area (Å²) >= 11 is 12.3. The minimum atomic E-state index is -1.28. The van der Waals surface area contributed by atoms with Gasteiger partial charge in [-0.05, 0) is 79.1 Å². The number of benzene rings is 4. The fraction of sp³-hybridized carbons (Fsp3) is 0.282. The first kappa shape index (κ1) is 35.6. The number of carbonyl (C=O) groups excluding carboxylic acids is 1. The van der Waals surface area contributed by atoms with Crippen LogP contribution in [0.25, 0.3) is 10.9 Å². The molecule has 1 N–H and O–H groups in total. The predicted octanol–water partition coefficient (Wildman–Crippen LogP) is 9.14. The Labute approximate surface area is 295 Å². The summed E-state index contributed by atoms with van der Waals surface area (Å²) in [5.74, 6) is -0.301. The SMILES string of the molecule is CCCCCN(C(=O)c1ccc(Cl)cc1)c1ccc2nc(CCCC)n(Cc3ccc(OC(C(=O)O)c4ccccc4Cl)cc3)c(=O)c2c1. The van der Waals surface area contributed by atoms with Crippen LogP contribution in [0.15, 0.2) is 95.8 Å². The molecule has 10 heteroatoms. The molecule has 8 nitrogen and oxygen atoms in total. The van der Waals surface area contributed by atoms with Crippen molar-refractivity contribution >= 4 is 51.7 Å². The molecule has 1 atom stereocenters. The lowest BCUT2D eigenvalue weighted by molar-refractivity contribution is -0.145. The van der Waals surface area contributed by atoms with E-state index in [1.165, 1.54) is 0 Å². The number of carboxylic acid groups (broad SMARTS) is 1. The van der Waals surface area contributed by atoms with Gasteiger partial charge in [0.05, 0.1) is 17.4 Å². The molecule has 0 radical (unpaired) electrons. The topological polar surface area (TPSA) is 102 Å². The molecule has 1 amide bonds. The Bertz CT molecular complexity index is 1980. The van der Waals surface area contributed by atoms with Crippen LogP contribution >= 0.6 is 23.2 Å². The Morgan fingerprint density at radius 3 is 2.29 bits per heavy atom. The summed E-state index contributed by atoms with van der Waals surface area (Å²) in [5, 5.41) is 11.1. The van der Waals surface area contributed by atoms with Gasteiger partial charge in [-0.2, -0.15) is 0 Å². The van der Waals surface area contributed by atoms with Crippen molar-refractivity contribution in [2.45, 2.75) is 65.0 Å². The number of rotatable bonds is 15. The number of hydrogen-bond acceptors (Lipinski definition) is 5. The number of anilines is 1. The van der Waals surface area contributed by atoms with E-state index in [9.17, 15) is 19.5 Å². The molecule has 0 aliphatic rings. The van der Waals surface area contributed by atoms with Crippen molar-refractivity contribution < 1.29 is 19.4 Å². The molecule has 1 aromatic heterocycles. The van der Waals surface area contributed by atoms with E-state index >= 15 is 0 Å². The van der Waals surface area contributed by atoms with Crippen molar-refractivity contribution in [3.63, 3.8) is 0 Å². The zero-order valence-corrected chi connectivity index (χ0v) is 29.1. The van der Waals surface area contributed by atoms with Gasteiger partial charge in [0.15, 0.2) is 0 Å². The van der Waals surface area contributed by atoms with Gasteiger partial charge in [0, 0.05) is 39.8 Å². The minimum Gasteiger partial charge on any atom is -0.478 e. The molecule has 1 heterocycles. The number of nitrogens with zero attached hydrogens (tertiary/aromatic N) is 3. The number of carbonyl (C=O) groups is 2. The van der Waals surface area contributed by atoms with Crippen LogP contribution in [-0.2, 0) is 17.8 Å². The van der Waals surface area contributed by atoms with Crippen molar-refractivity contribution in [3.8, 4) is 5.75 Å². The number of ether oxygens (including phenoxy) is 1.